The van der Waals surface area contributed by atoms with Crippen molar-refractivity contribution in [3.8, 4) is 0 Å². The van der Waals surface area contributed by atoms with Gasteiger partial charge in [0.15, 0.2) is 0 Å². The predicted molar refractivity (Wildman–Crippen MR) is 111 cm³/mol. The highest BCUT2D eigenvalue weighted by molar-refractivity contribution is 5.97. The fourth-order valence-electron chi connectivity index (χ4n) is 4.24. The van der Waals surface area contributed by atoms with Crippen LogP contribution < -0.4 is 42.1 Å². The van der Waals surface area contributed by atoms with Gasteiger partial charge in [-0.3, -0.25) is 0 Å². The first-order valence-corrected chi connectivity index (χ1v) is 9.84. The molecule has 0 saturated carbocycles. The predicted octanol–water partition coefficient (Wildman–Crippen LogP) is -0.920. The number of nitrogens with one attached hydrogen (secondary N) is 3. The molecule has 8 nitrogen and oxygen atoms in total. The smallest absolute Gasteiger partial charge is 0.0877 e. The van der Waals surface area contributed by atoms with Crippen LogP contribution in [0.5, 0.6) is 0 Å². The van der Waals surface area contributed by atoms with E-state index in [9.17, 15) is 0 Å². The second-order valence-electron chi connectivity index (χ2n) is 7.30. The van der Waals surface area contributed by atoms with E-state index >= 15 is 0 Å². The molecule has 0 aromatic heterocycles. The fourth-order valence-corrected chi connectivity index (χ4v) is 4.24. The molecule has 0 bridgehead atoms. The van der Waals surface area contributed by atoms with Gasteiger partial charge in [-0.2, -0.15) is 0 Å². The van der Waals surface area contributed by atoms with Gasteiger partial charge in [-0.15, -0.1) is 0 Å². The summed E-state index contributed by atoms with van der Waals surface area (Å²) in [7, 11) is 0. The number of hydrogen-bond donors (Lipinski definition) is 5. The monoisotopic (exact) mass is 360 g/mol. The molecule has 4 rings (SSSR count). The summed E-state index contributed by atoms with van der Waals surface area (Å²) in [6.07, 6.45) is 0. The van der Waals surface area contributed by atoms with E-state index in [0.717, 1.165) is 107 Å². The number of nitrogen functional groups attached to an aromatic ring is 2. The van der Waals surface area contributed by atoms with Crippen LogP contribution in [-0.4, -0.2) is 78.5 Å². The third-order valence-electron chi connectivity index (χ3n) is 5.68. The third-order valence-corrected chi connectivity index (χ3v) is 5.68. The highest BCUT2D eigenvalue weighted by Gasteiger charge is 2.26. The van der Waals surface area contributed by atoms with Crippen molar-refractivity contribution in [1.29, 1.82) is 0 Å². The summed E-state index contributed by atoms with van der Waals surface area (Å²) in [6.45, 7) is 11.7. The van der Waals surface area contributed by atoms with Gasteiger partial charge in [-0.05, 0) is 6.07 Å². The molecule has 8 heteroatoms. The van der Waals surface area contributed by atoms with E-state index in [1.807, 2.05) is 0 Å². The Morgan fingerprint density at radius 3 is 1.31 bits per heavy atom. The zero-order valence-corrected chi connectivity index (χ0v) is 15.6. The fraction of sp³-hybridized carbons (Fsp3) is 0.667. The summed E-state index contributed by atoms with van der Waals surface area (Å²) >= 11 is 0. The molecule has 26 heavy (non-hydrogen) atoms. The van der Waals surface area contributed by atoms with Crippen LogP contribution >= 0.6 is 0 Å². The highest BCUT2D eigenvalue weighted by Crippen LogP contribution is 2.44. The zero-order chi connectivity index (χ0) is 17.9. The molecule has 3 heterocycles. The van der Waals surface area contributed by atoms with E-state index in [-0.39, 0.29) is 0 Å². The Hall–Kier alpha value is -1.90. The quantitative estimate of drug-likeness (QED) is 0.442. The van der Waals surface area contributed by atoms with Gasteiger partial charge in [0.05, 0.1) is 28.4 Å². The van der Waals surface area contributed by atoms with Gasteiger partial charge in [0.25, 0.3) is 0 Å². The average Bonchev–Trinajstić information content (AvgIpc) is 2.70. The SMILES string of the molecule is Nc1c(N2CCNCC2)cc(N2CCNCC2)c(N)c1N1CCNCC1. The van der Waals surface area contributed by atoms with E-state index in [1.54, 1.807) is 0 Å². The lowest BCUT2D eigenvalue weighted by Gasteiger charge is -2.38. The summed E-state index contributed by atoms with van der Waals surface area (Å²) in [6, 6.07) is 2.23. The van der Waals surface area contributed by atoms with Crippen molar-refractivity contribution in [2.24, 2.45) is 0 Å². The maximum Gasteiger partial charge on any atom is 0.0877 e. The second kappa shape index (κ2) is 7.77. The van der Waals surface area contributed by atoms with Crippen LogP contribution in [0.4, 0.5) is 28.4 Å². The molecule has 0 unspecified atom stereocenters. The molecule has 0 spiro atoms. The number of anilines is 5. The minimum absolute atomic E-state index is 0.838. The van der Waals surface area contributed by atoms with Crippen molar-refractivity contribution in [1.82, 2.24) is 16.0 Å². The number of nitrogens with two attached hydrogens (primary N) is 2. The molecule has 1 aromatic carbocycles. The summed E-state index contributed by atoms with van der Waals surface area (Å²) in [4.78, 5) is 7.17. The molecule has 0 atom stereocenters. The van der Waals surface area contributed by atoms with Gasteiger partial charge in [0.2, 0.25) is 0 Å². The van der Waals surface area contributed by atoms with Crippen LogP contribution in [0.3, 0.4) is 0 Å². The Bertz CT molecular complexity index is 574. The van der Waals surface area contributed by atoms with Gasteiger partial charge in [-0.1, -0.05) is 0 Å². The summed E-state index contributed by atoms with van der Waals surface area (Å²) < 4.78 is 0. The Morgan fingerprint density at radius 2 is 0.923 bits per heavy atom. The number of rotatable bonds is 3. The van der Waals surface area contributed by atoms with Crippen LogP contribution in [-0.2, 0) is 0 Å². The van der Waals surface area contributed by atoms with E-state index < -0.39 is 0 Å². The molecule has 144 valence electrons. The van der Waals surface area contributed by atoms with Crippen molar-refractivity contribution >= 4 is 28.4 Å². The van der Waals surface area contributed by atoms with Crippen LogP contribution in [0, 0.1) is 0 Å². The first-order chi connectivity index (χ1) is 12.8. The van der Waals surface area contributed by atoms with E-state index in [1.165, 1.54) is 0 Å². The highest BCUT2D eigenvalue weighted by atomic mass is 15.2. The van der Waals surface area contributed by atoms with Crippen molar-refractivity contribution in [2.75, 3.05) is 105 Å². The van der Waals surface area contributed by atoms with E-state index in [2.05, 4.69) is 36.7 Å². The van der Waals surface area contributed by atoms with Crippen LogP contribution in [0.2, 0.25) is 0 Å². The van der Waals surface area contributed by atoms with Gasteiger partial charge >= 0.3 is 0 Å². The Morgan fingerprint density at radius 1 is 0.577 bits per heavy atom. The largest absolute Gasteiger partial charge is 0.395 e. The maximum atomic E-state index is 6.71. The van der Waals surface area contributed by atoms with Gasteiger partial charge in [0, 0.05) is 78.5 Å². The number of benzene rings is 1. The molecule has 7 N–H and O–H groups in total. The van der Waals surface area contributed by atoms with Gasteiger partial charge < -0.3 is 42.1 Å². The minimum Gasteiger partial charge on any atom is -0.395 e. The zero-order valence-electron chi connectivity index (χ0n) is 15.6. The molecule has 0 aliphatic carbocycles. The summed E-state index contributed by atoms with van der Waals surface area (Å²) in [5.41, 5.74) is 18.4. The molecule has 3 fully saturated rings. The van der Waals surface area contributed by atoms with Crippen LogP contribution in [0.1, 0.15) is 0 Å². The van der Waals surface area contributed by atoms with E-state index in [4.69, 9.17) is 11.5 Å². The minimum atomic E-state index is 0.838. The third kappa shape index (κ3) is 3.36. The van der Waals surface area contributed by atoms with Gasteiger partial charge in [0.1, 0.15) is 0 Å². The molecule has 3 aliphatic heterocycles. The van der Waals surface area contributed by atoms with Crippen molar-refractivity contribution in [3.63, 3.8) is 0 Å². The van der Waals surface area contributed by atoms with Gasteiger partial charge in [-0.25, -0.2) is 0 Å². The molecule has 0 amide bonds. The van der Waals surface area contributed by atoms with Crippen LogP contribution in [0.15, 0.2) is 6.07 Å². The summed E-state index contributed by atoms with van der Waals surface area (Å²) in [5.74, 6) is 0. The lowest BCUT2D eigenvalue weighted by Crippen LogP contribution is -2.46. The summed E-state index contributed by atoms with van der Waals surface area (Å²) in [5, 5.41) is 10.3. The Balaban J connectivity index is 1.76. The number of piperazine rings is 3. The first-order valence-electron chi connectivity index (χ1n) is 9.84. The normalized spacial score (nSPS) is 21.9. The Labute approximate surface area is 155 Å². The standard InChI is InChI=1S/C18H32N8/c19-16-14(24-7-1-21-2-8-24)13-15(25-9-3-22-4-10-25)17(20)18(16)26-11-5-23-6-12-26/h13,21-23H,1-12,19-20H2. The van der Waals surface area contributed by atoms with Crippen molar-refractivity contribution in [2.45, 2.75) is 0 Å². The first kappa shape index (κ1) is 17.5. The maximum absolute atomic E-state index is 6.71. The second-order valence-corrected chi connectivity index (χ2v) is 7.30. The molecule has 1 aromatic rings. The van der Waals surface area contributed by atoms with Crippen molar-refractivity contribution < 1.29 is 0 Å². The number of nitrogens with zero attached hydrogens (tertiary/aromatic N) is 3. The number of hydrogen-bond acceptors (Lipinski definition) is 8. The lowest BCUT2D eigenvalue weighted by atomic mass is 10.1. The molecule has 0 radical (unpaired) electrons. The van der Waals surface area contributed by atoms with E-state index in [0.29, 0.717) is 0 Å². The lowest BCUT2D eigenvalue weighted by molar-refractivity contribution is 0.582. The van der Waals surface area contributed by atoms with Crippen LogP contribution in [0.25, 0.3) is 0 Å². The molecular formula is C18H32N8. The molecular weight excluding hydrogens is 328 g/mol. The van der Waals surface area contributed by atoms with Crippen molar-refractivity contribution in [3.05, 3.63) is 6.07 Å². The molecule has 3 saturated heterocycles. The topological polar surface area (TPSA) is 97.8 Å². The Kier molecular flexibility index (Phi) is 5.23. The average molecular weight is 361 g/mol. The molecule has 3 aliphatic rings.